The molecule has 2 rings (SSSR count). The van der Waals surface area contributed by atoms with Crippen LogP contribution in [0.4, 0.5) is 13.2 Å². The molecule has 0 aromatic heterocycles. The summed E-state index contributed by atoms with van der Waals surface area (Å²) in [4.78, 5) is 14.0. The predicted molar refractivity (Wildman–Crippen MR) is 50.9 cm³/mol. The Hall–Kier alpha value is -0.820. The molecule has 7 heteroatoms. The molecule has 92 valence electrons. The molecule has 0 atom stereocenters. The monoisotopic (exact) mass is 237 g/mol. The lowest BCUT2D eigenvalue weighted by atomic mass is 10.1. The number of hydrogen-bond donors (Lipinski definition) is 1. The molecule has 1 amide bonds. The zero-order chi connectivity index (χ0) is 11.8. The first-order valence-corrected chi connectivity index (χ1v) is 5.29. The Morgan fingerprint density at radius 3 is 2.06 bits per heavy atom. The van der Waals surface area contributed by atoms with E-state index in [1.165, 1.54) is 0 Å². The molecule has 2 aliphatic rings. The van der Waals surface area contributed by atoms with Crippen LogP contribution in [0, 0.1) is 0 Å². The molecular weight excluding hydrogens is 223 g/mol. The molecule has 0 bridgehead atoms. The van der Waals surface area contributed by atoms with Crippen LogP contribution in [0.15, 0.2) is 0 Å². The molecule has 4 nitrogen and oxygen atoms in total. The number of piperazine rings is 1. The Bertz CT molecular complexity index is 270. The van der Waals surface area contributed by atoms with Crippen molar-refractivity contribution in [2.75, 3.05) is 39.3 Å². The van der Waals surface area contributed by atoms with Crippen LogP contribution in [0.25, 0.3) is 0 Å². The first-order valence-electron chi connectivity index (χ1n) is 5.29. The van der Waals surface area contributed by atoms with Crippen LogP contribution in [0.3, 0.4) is 0 Å². The normalized spacial score (nSPS) is 24.3. The molecule has 0 aliphatic carbocycles. The van der Waals surface area contributed by atoms with E-state index in [2.05, 4.69) is 10.2 Å². The van der Waals surface area contributed by atoms with Crippen molar-refractivity contribution in [1.82, 2.24) is 15.1 Å². The van der Waals surface area contributed by atoms with Crippen LogP contribution in [0.5, 0.6) is 0 Å². The molecule has 2 saturated heterocycles. The van der Waals surface area contributed by atoms with Gasteiger partial charge in [-0.1, -0.05) is 0 Å². The van der Waals surface area contributed by atoms with Gasteiger partial charge in [-0.25, -0.2) is 0 Å². The Morgan fingerprint density at radius 2 is 1.69 bits per heavy atom. The molecule has 0 aromatic carbocycles. The molecule has 2 aliphatic heterocycles. The fourth-order valence-corrected chi connectivity index (χ4v) is 2.00. The van der Waals surface area contributed by atoms with Crippen molar-refractivity contribution in [3.05, 3.63) is 0 Å². The zero-order valence-corrected chi connectivity index (χ0v) is 8.76. The van der Waals surface area contributed by atoms with Gasteiger partial charge in [0.05, 0.1) is 0 Å². The van der Waals surface area contributed by atoms with Gasteiger partial charge < -0.3 is 10.2 Å². The summed E-state index contributed by atoms with van der Waals surface area (Å²) >= 11 is 0. The third-order valence-corrected chi connectivity index (χ3v) is 3.12. The Kier molecular flexibility index (Phi) is 3.07. The number of nitrogens with zero attached hydrogens (tertiary/aromatic N) is 2. The number of halogens is 3. The van der Waals surface area contributed by atoms with E-state index in [0.717, 1.165) is 18.0 Å². The van der Waals surface area contributed by atoms with Gasteiger partial charge in [0.1, 0.15) is 0 Å². The maximum absolute atomic E-state index is 12.2. The molecule has 0 aromatic rings. The van der Waals surface area contributed by atoms with Crippen molar-refractivity contribution < 1.29 is 18.0 Å². The Morgan fingerprint density at radius 1 is 1.12 bits per heavy atom. The average Bonchev–Trinajstić information content (AvgIpc) is 2.14. The molecule has 0 radical (unpaired) electrons. The van der Waals surface area contributed by atoms with Gasteiger partial charge in [0.15, 0.2) is 0 Å². The van der Waals surface area contributed by atoms with Crippen LogP contribution in [0.2, 0.25) is 0 Å². The van der Waals surface area contributed by atoms with E-state index in [4.69, 9.17) is 0 Å². The summed E-state index contributed by atoms with van der Waals surface area (Å²) in [7, 11) is 0. The van der Waals surface area contributed by atoms with Gasteiger partial charge in [0.2, 0.25) is 0 Å². The van der Waals surface area contributed by atoms with Gasteiger partial charge in [0.25, 0.3) is 0 Å². The minimum absolute atomic E-state index is 0.175. The van der Waals surface area contributed by atoms with E-state index in [-0.39, 0.29) is 13.1 Å². The fraction of sp³-hybridized carbons (Fsp3) is 0.889. The maximum atomic E-state index is 12.2. The molecular formula is C9H14F3N3O. The molecule has 0 unspecified atom stereocenters. The topological polar surface area (TPSA) is 35.6 Å². The van der Waals surface area contributed by atoms with Crippen molar-refractivity contribution in [3.63, 3.8) is 0 Å². The van der Waals surface area contributed by atoms with Crippen molar-refractivity contribution >= 4 is 5.91 Å². The second kappa shape index (κ2) is 4.21. The molecule has 2 fully saturated rings. The van der Waals surface area contributed by atoms with Crippen molar-refractivity contribution in [2.24, 2.45) is 0 Å². The largest absolute Gasteiger partial charge is 0.471 e. The van der Waals surface area contributed by atoms with E-state index in [1.807, 2.05) is 0 Å². The highest BCUT2D eigenvalue weighted by molar-refractivity contribution is 5.81. The highest BCUT2D eigenvalue weighted by Gasteiger charge is 2.43. The number of carbonyl (C=O) groups is 1. The van der Waals surface area contributed by atoms with E-state index in [9.17, 15) is 18.0 Å². The standard InChI is InChI=1S/C9H14F3N3O/c10-9(11,12)8(16)15-3-1-14(2-4-15)7-5-13-6-7/h7,13H,1-6H2. The highest BCUT2D eigenvalue weighted by atomic mass is 19.4. The lowest BCUT2D eigenvalue weighted by Crippen LogP contribution is -2.62. The Labute approximate surface area is 91.4 Å². The Balaban J connectivity index is 1.82. The SMILES string of the molecule is O=C(N1CCN(C2CNC2)CC1)C(F)(F)F. The molecule has 0 spiro atoms. The second-order valence-corrected chi connectivity index (χ2v) is 4.14. The summed E-state index contributed by atoms with van der Waals surface area (Å²) in [6, 6.07) is 0.433. The van der Waals surface area contributed by atoms with Crippen molar-refractivity contribution in [2.45, 2.75) is 12.2 Å². The number of alkyl halides is 3. The van der Waals surface area contributed by atoms with Gasteiger partial charge in [-0.3, -0.25) is 9.69 Å². The molecule has 2 heterocycles. The van der Waals surface area contributed by atoms with Gasteiger partial charge in [-0.15, -0.1) is 0 Å². The van der Waals surface area contributed by atoms with Crippen LogP contribution in [-0.2, 0) is 4.79 Å². The third-order valence-electron chi connectivity index (χ3n) is 3.12. The third kappa shape index (κ3) is 2.30. The number of amides is 1. The quantitative estimate of drug-likeness (QED) is 0.678. The second-order valence-electron chi connectivity index (χ2n) is 4.14. The molecule has 0 saturated carbocycles. The van der Waals surface area contributed by atoms with Gasteiger partial charge in [-0.05, 0) is 0 Å². The fourth-order valence-electron chi connectivity index (χ4n) is 2.00. The van der Waals surface area contributed by atoms with Crippen molar-refractivity contribution in [1.29, 1.82) is 0 Å². The van der Waals surface area contributed by atoms with Crippen molar-refractivity contribution in [3.8, 4) is 0 Å². The summed E-state index contributed by atoms with van der Waals surface area (Å²) in [5, 5.41) is 3.11. The summed E-state index contributed by atoms with van der Waals surface area (Å²) in [5.74, 6) is -1.71. The summed E-state index contributed by atoms with van der Waals surface area (Å²) in [6.07, 6.45) is -4.74. The van der Waals surface area contributed by atoms with E-state index < -0.39 is 12.1 Å². The summed E-state index contributed by atoms with van der Waals surface area (Å²) in [6.45, 7) is 3.21. The van der Waals surface area contributed by atoms with E-state index in [0.29, 0.717) is 19.1 Å². The lowest BCUT2D eigenvalue weighted by Gasteiger charge is -2.43. The molecule has 16 heavy (non-hydrogen) atoms. The summed E-state index contributed by atoms with van der Waals surface area (Å²) in [5.41, 5.74) is 0. The summed E-state index contributed by atoms with van der Waals surface area (Å²) < 4.78 is 36.5. The number of carbonyl (C=O) groups excluding carboxylic acids is 1. The van der Waals surface area contributed by atoms with E-state index in [1.54, 1.807) is 0 Å². The predicted octanol–water partition coefficient (Wildman–Crippen LogP) is -0.335. The lowest BCUT2D eigenvalue weighted by molar-refractivity contribution is -0.187. The number of hydrogen-bond acceptors (Lipinski definition) is 3. The first-order chi connectivity index (χ1) is 7.48. The van der Waals surface area contributed by atoms with Crippen LogP contribution in [-0.4, -0.2) is 67.2 Å². The minimum Gasteiger partial charge on any atom is -0.332 e. The van der Waals surface area contributed by atoms with Gasteiger partial charge in [0, 0.05) is 45.3 Å². The van der Waals surface area contributed by atoms with E-state index >= 15 is 0 Å². The minimum atomic E-state index is -4.74. The van der Waals surface area contributed by atoms with Crippen LogP contribution in [0.1, 0.15) is 0 Å². The number of rotatable bonds is 1. The highest BCUT2D eigenvalue weighted by Crippen LogP contribution is 2.20. The molecule has 1 N–H and O–H groups in total. The average molecular weight is 237 g/mol. The zero-order valence-electron chi connectivity index (χ0n) is 8.76. The first kappa shape index (κ1) is 11.7. The van der Waals surface area contributed by atoms with Gasteiger partial charge >= 0.3 is 12.1 Å². The number of nitrogens with one attached hydrogen (secondary N) is 1. The van der Waals surface area contributed by atoms with Crippen LogP contribution < -0.4 is 5.32 Å². The smallest absolute Gasteiger partial charge is 0.332 e. The van der Waals surface area contributed by atoms with Gasteiger partial charge in [-0.2, -0.15) is 13.2 Å². The maximum Gasteiger partial charge on any atom is 0.471 e. The van der Waals surface area contributed by atoms with Crippen LogP contribution >= 0.6 is 0 Å².